The summed E-state index contributed by atoms with van der Waals surface area (Å²) in [6.45, 7) is 0.446. The van der Waals surface area contributed by atoms with Crippen molar-refractivity contribution in [2.24, 2.45) is 5.73 Å². The minimum Gasteiger partial charge on any atom is -0.364 e. The zero-order valence-electron chi connectivity index (χ0n) is 9.66. The molecule has 1 heterocycles. The maximum absolute atomic E-state index is 12.0. The Labute approximate surface area is 119 Å². The molecule has 0 bridgehead atoms. The highest BCUT2D eigenvalue weighted by atomic mass is 79.9. The van der Waals surface area contributed by atoms with E-state index in [2.05, 4.69) is 21.2 Å². The van der Waals surface area contributed by atoms with Gasteiger partial charge in [0.2, 0.25) is 0 Å². The number of ether oxygens (including phenoxy) is 1. The number of anilines is 1. The zero-order chi connectivity index (χ0) is 13.1. The highest BCUT2D eigenvalue weighted by molar-refractivity contribution is 9.10. The molecule has 1 saturated heterocycles. The predicted octanol–water partition coefficient (Wildman–Crippen LogP) is 2.55. The summed E-state index contributed by atoms with van der Waals surface area (Å²) in [5.41, 5.74) is 6.09. The molecular formula is C12H14BrClN2O2. The molecule has 3 N–H and O–H groups in total. The first-order valence-electron chi connectivity index (χ1n) is 5.71. The standard InChI is InChI=1S/C12H14BrClN2O2/c13-7-1-3-9(14)10(5-7)16-12(17)11-4-2-8(6-15)18-11/h1,3,5,8,11H,2,4,6,15H2,(H,16,17). The van der Waals surface area contributed by atoms with E-state index < -0.39 is 6.10 Å². The molecule has 0 spiro atoms. The fourth-order valence-corrected chi connectivity index (χ4v) is 2.40. The minimum absolute atomic E-state index is 0.0151. The molecule has 1 fully saturated rings. The first-order valence-corrected chi connectivity index (χ1v) is 6.88. The van der Waals surface area contributed by atoms with Crippen molar-refractivity contribution in [3.8, 4) is 0 Å². The molecule has 1 aromatic rings. The van der Waals surface area contributed by atoms with E-state index in [0.717, 1.165) is 10.9 Å². The van der Waals surface area contributed by atoms with Crippen LogP contribution in [-0.2, 0) is 9.53 Å². The fraction of sp³-hybridized carbons (Fsp3) is 0.417. The number of hydrogen-bond donors (Lipinski definition) is 2. The van der Waals surface area contributed by atoms with Crippen molar-refractivity contribution >= 4 is 39.1 Å². The van der Waals surface area contributed by atoms with E-state index in [1.165, 1.54) is 0 Å². The second-order valence-electron chi connectivity index (χ2n) is 4.17. The van der Waals surface area contributed by atoms with Gasteiger partial charge in [0.25, 0.3) is 5.91 Å². The molecule has 98 valence electrons. The van der Waals surface area contributed by atoms with Crippen LogP contribution in [0.4, 0.5) is 5.69 Å². The summed E-state index contributed by atoms with van der Waals surface area (Å²) in [6.07, 6.45) is 1.06. The predicted molar refractivity (Wildman–Crippen MR) is 74.7 cm³/mol. The van der Waals surface area contributed by atoms with Gasteiger partial charge in [0.15, 0.2) is 0 Å². The fourth-order valence-electron chi connectivity index (χ4n) is 1.88. The van der Waals surface area contributed by atoms with Crippen molar-refractivity contribution < 1.29 is 9.53 Å². The average molecular weight is 334 g/mol. The van der Waals surface area contributed by atoms with Gasteiger partial charge in [0.1, 0.15) is 6.10 Å². The van der Waals surface area contributed by atoms with Crippen LogP contribution in [0.3, 0.4) is 0 Å². The van der Waals surface area contributed by atoms with Gasteiger partial charge in [-0.15, -0.1) is 0 Å². The number of rotatable bonds is 3. The van der Waals surface area contributed by atoms with Gasteiger partial charge in [0, 0.05) is 11.0 Å². The second-order valence-corrected chi connectivity index (χ2v) is 5.50. The lowest BCUT2D eigenvalue weighted by Gasteiger charge is -2.13. The van der Waals surface area contributed by atoms with Crippen LogP contribution in [0, 0.1) is 0 Å². The maximum Gasteiger partial charge on any atom is 0.253 e. The molecule has 2 atom stereocenters. The minimum atomic E-state index is -0.436. The molecule has 1 aliphatic rings. The highest BCUT2D eigenvalue weighted by Crippen LogP contribution is 2.27. The Hall–Kier alpha value is -0.620. The van der Waals surface area contributed by atoms with Crippen LogP contribution in [0.15, 0.2) is 22.7 Å². The Morgan fingerprint density at radius 3 is 3.00 bits per heavy atom. The van der Waals surface area contributed by atoms with Crippen LogP contribution in [0.1, 0.15) is 12.8 Å². The molecule has 18 heavy (non-hydrogen) atoms. The SMILES string of the molecule is NCC1CCC(C(=O)Nc2cc(Br)ccc2Cl)O1. The lowest BCUT2D eigenvalue weighted by Crippen LogP contribution is -2.29. The molecular weight excluding hydrogens is 320 g/mol. The second kappa shape index (κ2) is 6.02. The van der Waals surface area contributed by atoms with Gasteiger partial charge in [-0.25, -0.2) is 0 Å². The molecule has 0 aliphatic carbocycles. The number of carbonyl (C=O) groups is 1. The molecule has 0 saturated carbocycles. The van der Waals surface area contributed by atoms with Crippen LogP contribution in [0.2, 0.25) is 5.02 Å². The summed E-state index contributed by atoms with van der Waals surface area (Å²) in [5.74, 6) is -0.175. The van der Waals surface area contributed by atoms with E-state index in [1.54, 1.807) is 12.1 Å². The number of halogens is 2. The molecule has 2 rings (SSSR count). The number of carbonyl (C=O) groups excluding carboxylic acids is 1. The third-order valence-electron chi connectivity index (χ3n) is 2.85. The maximum atomic E-state index is 12.0. The van der Waals surface area contributed by atoms with Crippen LogP contribution >= 0.6 is 27.5 Å². The van der Waals surface area contributed by atoms with Crippen molar-refractivity contribution in [2.45, 2.75) is 25.0 Å². The van der Waals surface area contributed by atoms with Gasteiger partial charge in [-0.05, 0) is 31.0 Å². The molecule has 1 aromatic carbocycles. The summed E-state index contributed by atoms with van der Waals surface area (Å²) in [4.78, 5) is 12.0. The Morgan fingerprint density at radius 1 is 1.56 bits per heavy atom. The number of hydrogen-bond acceptors (Lipinski definition) is 3. The summed E-state index contributed by atoms with van der Waals surface area (Å²) in [6, 6.07) is 5.30. The van der Waals surface area contributed by atoms with Crippen molar-refractivity contribution in [2.75, 3.05) is 11.9 Å². The summed E-state index contributed by atoms with van der Waals surface area (Å²) in [7, 11) is 0. The van der Waals surface area contributed by atoms with Crippen LogP contribution in [-0.4, -0.2) is 24.7 Å². The van der Waals surface area contributed by atoms with Gasteiger partial charge >= 0.3 is 0 Å². The summed E-state index contributed by atoms with van der Waals surface area (Å²) < 4.78 is 6.38. The van der Waals surface area contributed by atoms with E-state index >= 15 is 0 Å². The Bertz CT molecular complexity index is 456. The molecule has 6 heteroatoms. The third kappa shape index (κ3) is 3.23. The number of amides is 1. The van der Waals surface area contributed by atoms with E-state index in [4.69, 9.17) is 22.1 Å². The van der Waals surface area contributed by atoms with Crippen molar-refractivity contribution in [3.63, 3.8) is 0 Å². The normalized spacial score (nSPS) is 23.1. The quantitative estimate of drug-likeness (QED) is 0.893. The largest absolute Gasteiger partial charge is 0.364 e. The number of nitrogens with one attached hydrogen (secondary N) is 1. The first-order chi connectivity index (χ1) is 8.60. The Kier molecular flexibility index (Phi) is 4.61. The van der Waals surface area contributed by atoms with E-state index in [9.17, 15) is 4.79 Å². The molecule has 1 amide bonds. The van der Waals surface area contributed by atoms with Gasteiger partial charge in [-0.1, -0.05) is 27.5 Å². The van der Waals surface area contributed by atoms with E-state index in [1.807, 2.05) is 6.07 Å². The highest BCUT2D eigenvalue weighted by Gasteiger charge is 2.30. The lowest BCUT2D eigenvalue weighted by molar-refractivity contribution is -0.126. The molecule has 0 aromatic heterocycles. The molecule has 1 aliphatic heterocycles. The summed E-state index contributed by atoms with van der Waals surface area (Å²) in [5, 5.41) is 3.27. The molecule has 0 radical (unpaired) electrons. The van der Waals surface area contributed by atoms with E-state index in [0.29, 0.717) is 23.7 Å². The zero-order valence-corrected chi connectivity index (χ0v) is 12.0. The van der Waals surface area contributed by atoms with Crippen molar-refractivity contribution in [3.05, 3.63) is 27.7 Å². The monoisotopic (exact) mass is 332 g/mol. The summed E-state index contributed by atoms with van der Waals surface area (Å²) >= 11 is 9.34. The van der Waals surface area contributed by atoms with Crippen molar-refractivity contribution in [1.82, 2.24) is 0 Å². The Morgan fingerprint density at radius 2 is 2.33 bits per heavy atom. The van der Waals surface area contributed by atoms with Crippen LogP contribution in [0.25, 0.3) is 0 Å². The molecule has 2 unspecified atom stereocenters. The van der Waals surface area contributed by atoms with Crippen LogP contribution < -0.4 is 11.1 Å². The Balaban J connectivity index is 2.01. The third-order valence-corrected chi connectivity index (χ3v) is 3.67. The lowest BCUT2D eigenvalue weighted by atomic mass is 10.2. The van der Waals surface area contributed by atoms with Gasteiger partial charge in [-0.3, -0.25) is 4.79 Å². The van der Waals surface area contributed by atoms with Gasteiger partial charge < -0.3 is 15.8 Å². The van der Waals surface area contributed by atoms with E-state index in [-0.39, 0.29) is 12.0 Å². The number of nitrogens with two attached hydrogens (primary N) is 1. The first kappa shape index (κ1) is 13.8. The topological polar surface area (TPSA) is 64.4 Å². The van der Waals surface area contributed by atoms with Crippen molar-refractivity contribution in [1.29, 1.82) is 0 Å². The smallest absolute Gasteiger partial charge is 0.253 e. The van der Waals surface area contributed by atoms with Gasteiger partial charge in [0.05, 0.1) is 16.8 Å². The van der Waals surface area contributed by atoms with Gasteiger partial charge in [-0.2, -0.15) is 0 Å². The molecule has 4 nitrogen and oxygen atoms in total. The van der Waals surface area contributed by atoms with Crippen LogP contribution in [0.5, 0.6) is 0 Å². The number of benzene rings is 1. The average Bonchev–Trinajstić information content (AvgIpc) is 2.82.